The molecule has 1 saturated heterocycles. The highest BCUT2D eigenvalue weighted by molar-refractivity contribution is 5.83. The molecule has 0 aromatic heterocycles. The van der Waals surface area contributed by atoms with Crippen molar-refractivity contribution in [3.8, 4) is 0 Å². The van der Waals surface area contributed by atoms with Crippen LogP contribution in [0.1, 0.15) is 84.9 Å². The van der Waals surface area contributed by atoms with Crippen molar-refractivity contribution in [2.24, 2.45) is 10.8 Å². The zero-order valence-electron chi connectivity index (χ0n) is 29.6. The lowest BCUT2D eigenvalue weighted by atomic mass is 9.87. The highest BCUT2D eigenvalue weighted by Crippen LogP contribution is 2.30. The van der Waals surface area contributed by atoms with E-state index in [1.807, 2.05) is 44.2 Å². The fourth-order valence-corrected chi connectivity index (χ4v) is 5.53. The van der Waals surface area contributed by atoms with Crippen LogP contribution in [0, 0.1) is 10.8 Å². The van der Waals surface area contributed by atoms with E-state index in [0.717, 1.165) is 16.7 Å². The number of likely N-dealkylation sites (tertiary alicyclic amines) is 1. The predicted molar refractivity (Wildman–Crippen MR) is 176 cm³/mol. The van der Waals surface area contributed by atoms with Gasteiger partial charge in [-0.1, -0.05) is 65.0 Å². The predicted octanol–water partition coefficient (Wildman–Crippen LogP) is 5.43. The van der Waals surface area contributed by atoms with Crippen molar-refractivity contribution in [2.45, 2.75) is 112 Å². The molecule has 266 valence electrons. The van der Waals surface area contributed by atoms with Gasteiger partial charge in [0.1, 0.15) is 23.8 Å². The Labute approximate surface area is 282 Å². The molecule has 0 saturated carbocycles. The summed E-state index contributed by atoms with van der Waals surface area (Å²) >= 11 is 0. The van der Waals surface area contributed by atoms with E-state index >= 15 is 0 Å². The molecule has 1 fully saturated rings. The summed E-state index contributed by atoms with van der Waals surface area (Å²) in [6.45, 7) is 15.2. The highest BCUT2D eigenvalue weighted by atomic mass is 16.6. The minimum atomic E-state index is -1.12. The number of aliphatic carboxylic acids is 1. The molecule has 0 bridgehead atoms. The van der Waals surface area contributed by atoms with Crippen LogP contribution in [0.5, 0.6) is 0 Å². The number of methoxy groups -OCH3 is 1. The number of allylic oxidation sites excluding steroid dienone is 2. The van der Waals surface area contributed by atoms with E-state index in [1.54, 1.807) is 46.4 Å². The summed E-state index contributed by atoms with van der Waals surface area (Å²) in [5.74, 6) is -1.72. The number of hydrogen-bond donors (Lipinski definition) is 2. The van der Waals surface area contributed by atoms with Gasteiger partial charge in [0.15, 0.2) is 0 Å². The normalized spacial score (nSPS) is 18.7. The van der Waals surface area contributed by atoms with E-state index in [2.05, 4.69) is 5.32 Å². The lowest BCUT2D eigenvalue weighted by Gasteiger charge is -2.28. The molecule has 48 heavy (non-hydrogen) atoms. The highest BCUT2D eigenvalue weighted by Gasteiger charge is 2.44. The lowest BCUT2D eigenvalue weighted by molar-refractivity contribution is -0.145. The maximum Gasteiger partial charge on any atom is 0.411 e. The minimum absolute atomic E-state index is 0.0169. The number of esters is 1. The van der Waals surface area contributed by atoms with E-state index in [1.165, 1.54) is 12.0 Å². The monoisotopic (exact) mass is 673 g/mol. The molecule has 0 spiro atoms. The van der Waals surface area contributed by atoms with Crippen molar-refractivity contribution >= 4 is 30.2 Å². The van der Waals surface area contributed by atoms with Crippen LogP contribution >= 0.6 is 0 Å². The SMILES string of the molecule is COC(=O)[C@@H]1C[C@@H](OC(=O)N2Cc3cccc(C/C=C\CC(C)(C)COC(=O)N[C@H](C(=O)O)C(C)(C)C)c3C2)CN1C(=O)OC(C)(C)C. The first-order valence-electron chi connectivity index (χ1n) is 16.1. The molecule has 1 aromatic rings. The van der Waals surface area contributed by atoms with Gasteiger partial charge in [0.05, 0.1) is 20.3 Å². The Hall–Kier alpha value is -4.29. The van der Waals surface area contributed by atoms with Crippen molar-refractivity contribution in [3.05, 3.63) is 47.0 Å². The third kappa shape index (κ3) is 10.6. The van der Waals surface area contributed by atoms with Crippen LogP contribution < -0.4 is 5.32 Å². The Balaban J connectivity index is 1.54. The molecule has 1 aromatic carbocycles. The Morgan fingerprint density at radius 1 is 1.00 bits per heavy atom. The second-order valence-corrected chi connectivity index (χ2v) is 15.2. The van der Waals surface area contributed by atoms with Crippen LogP contribution in [0.2, 0.25) is 0 Å². The van der Waals surface area contributed by atoms with Gasteiger partial charge in [0, 0.05) is 24.9 Å². The number of hydrogen-bond acceptors (Lipinski definition) is 9. The molecule has 2 heterocycles. The first kappa shape index (κ1) is 38.2. The Morgan fingerprint density at radius 2 is 1.69 bits per heavy atom. The Kier molecular flexibility index (Phi) is 12.2. The van der Waals surface area contributed by atoms with Crippen LogP contribution in [-0.2, 0) is 48.0 Å². The number of fused-ring (bicyclic) bond motifs is 1. The van der Waals surface area contributed by atoms with Crippen molar-refractivity contribution in [2.75, 3.05) is 20.3 Å². The average molecular weight is 674 g/mol. The maximum absolute atomic E-state index is 13.2. The molecule has 2 N–H and O–H groups in total. The number of nitrogens with zero attached hydrogens (tertiary/aromatic N) is 2. The van der Waals surface area contributed by atoms with E-state index in [-0.39, 0.29) is 25.0 Å². The maximum atomic E-state index is 13.2. The van der Waals surface area contributed by atoms with Gasteiger partial charge in [-0.2, -0.15) is 0 Å². The number of carboxylic acid groups (broad SMARTS) is 1. The van der Waals surface area contributed by atoms with Gasteiger partial charge < -0.3 is 29.4 Å². The third-order valence-corrected chi connectivity index (χ3v) is 8.11. The number of amides is 3. The fraction of sp³-hybridized carbons (Fsp3) is 0.629. The summed E-state index contributed by atoms with van der Waals surface area (Å²) in [6.07, 6.45) is 2.74. The molecular formula is C35H51N3O10. The van der Waals surface area contributed by atoms with Gasteiger partial charge in [0.25, 0.3) is 0 Å². The molecular weight excluding hydrogens is 622 g/mol. The molecule has 2 aliphatic heterocycles. The molecule has 3 rings (SSSR count). The number of carbonyl (C=O) groups is 5. The number of rotatable bonds is 10. The zero-order chi connectivity index (χ0) is 36.0. The molecule has 13 heteroatoms. The van der Waals surface area contributed by atoms with E-state index in [9.17, 15) is 29.1 Å². The number of alkyl carbamates (subject to hydrolysis) is 1. The van der Waals surface area contributed by atoms with Gasteiger partial charge in [0.2, 0.25) is 0 Å². The number of carbonyl (C=O) groups excluding carboxylic acids is 4. The lowest BCUT2D eigenvalue weighted by Crippen LogP contribution is -2.49. The molecule has 0 radical (unpaired) electrons. The Bertz CT molecular complexity index is 1390. The zero-order valence-corrected chi connectivity index (χ0v) is 29.6. The molecule has 0 unspecified atom stereocenters. The van der Waals surface area contributed by atoms with Crippen molar-refractivity contribution < 1.29 is 48.0 Å². The van der Waals surface area contributed by atoms with Gasteiger partial charge in [-0.05, 0) is 55.7 Å². The van der Waals surface area contributed by atoms with Crippen LogP contribution in [0.3, 0.4) is 0 Å². The number of benzene rings is 1. The van der Waals surface area contributed by atoms with Gasteiger partial charge >= 0.3 is 30.2 Å². The summed E-state index contributed by atoms with van der Waals surface area (Å²) < 4.78 is 21.5. The number of ether oxygens (including phenoxy) is 4. The summed E-state index contributed by atoms with van der Waals surface area (Å²) in [6, 6.07) is 3.95. The number of carboxylic acids is 1. The van der Waals surface area contributed by atoms with Crippen molar-refractivity contribution in [3.63, 3.8) is 0 Å². The second-order valence-electron chi connectivity index (χ2n) is 15.2. The third-order valence-electron chi connectivity index (χ3n) is 8.11. The van der Waals surface area contributed by atoms with Crippen LogP contribution in [0.15, 0.2) is 30.4 Å². The molecule has 0 aliphatic carbocycles. The molecule has 3 atom stereocenters. The largest absolute Gasteiger partial charge is 0.480 e. The van der Waals surface area contributed by atoms with Crippen LogP contribution in [0.4, 0.5) is 14.4 Å². The Morgan fingerprint density at radius 3 is 2.29 bits per heavy atom. The van der Waals surface area contributed by atoms with Crippen molar-refractivity contribution in [1.82, 2.24) is 15.1 Å². The van der Waals surface area contributed by atoms with Crippen LogP contribution in [0.25, 0.3) is 0 Å². The molecule has 13 nitrogen and oxygen atoms in total. The van der Waals surface area contributed by atoms with E-state index in [4.69, 9.17) is 18.9 Å². The number of nitrogens with one attached hydrogen (secondary N) is 1. The van der Waals surface area contributed by atoms with Gasteiger partial charge in [-0.15, -0.1) is 0 Å². The first-order chi connectivity index (χ1) is 22.2. The minimum Gasteiger partial charge on any atom is -0.480 e. The van der Waals surface area contributed by atoms with Crippen molar-refractivity contribution in [1.29, 1.82) is 0 Å². The summed E-state index contributed by atoms with van der Waals surface area (Å²) in [5.41, 5.74) is 1.30. The summed E-state index contributed by atoms with van der Waals surface area (Å²) in [7, 11) is 1.24. The second kappa shape index (κ2) is 15.3. The fourth-order valence-electron chi connectivity index (χ4n) is 5.53. The smallest absolute Gasteiger partial charge is 0.411 e. The first-order valence-corrected chi connectivity index (χ1v) is 16.1. The summed E-state index contributed by atoms with van der Waals surface area (Å²) in [5, 5.41) is 11.9. The van der Waals surface area contributed by atoms with Crippen LogP contribution in [-0.4, -0.2) is 89.2 Å². The standard InChI is InChI=1S/C35H51N3O10/c1-33(2,3)27(28(39)40)36-30(42)46-21-35(7,8)16-11-10-13-22-14-12-15-23-18-37(20-25(22)23)31(43)47-24-17-26(29(41)45-9)38(19-24)32(44)48-34(4,5)6/h10-12,14-15,24,26-27H,13,16-21H2,1-9H3,(H,36,42)(H,39,40)/b11-10-/t24-,26+,27-/m1/s1. The molecule has 2 aliphatic rings. The van der Waals surface area contributed by atoms with E-state index in [0.29, 0.717) is 25.9 Å². The topological polar surface area (TPSA) is 161 Å². The quantitative estimate of drug-likeness (QED) is 0.186. The molecule has 3 amide bonds. The summed E-state index contributed by atoms with van der Waals surface area (Å²) in [4.78, 5) is 65.1. The van der Waals surface area contributed by atoms with E-state index < -0.39 is 59.4 Å². The van der Waals surface area contributed by atoms with Gasteiger partial charge in [-0.25, -0.2) is 24.0 Å². The average Bonchev–Trinajstić information content (AvgIpc) is 3.60. The van der Waals surface area contributed by atoms with Gasteiger partial charge in [-0.3, -0.25) is 9.80 Å².